The Morgan fingerprint density at radius 3 is 2.69 bits per heavy atom. The number of para-hydroxylation sites is 1. The Bertz CT molecular complexity index is 1070. The van der Waals surface area contributed by atoms with Crippen LogP contribution in [0.4, 0.5) is 5.69 Å². The van der Waals surface area contributed by atoms with E-state index in [4.69, 9.17) is 24.2 Å². The highest BCUT2D eigenvalue weighted by Crippen LogP contribution is 2.46. The van der Waals surface area contributed by atoms with Crippen molar-refractivity contribution in [3.05, 3.63) is 64.2 Å². The molecular weight excluding hydrogens is 420 g/mol. The molecular formula is C21H20N4O7. The molecule has 11 nitrogen and oxygen atoms in total. The van der Waals surface area contributed by atoms with Crippen LogP contribution in [0.2, 0.25) is 0 Å². The highest BCUT2D eigenvalue weighted by atomic mass is 16.7. The normalized spacial score (nSPS) is 25.3. The molecule has 2 aromatic carbocycles. The first kappa shape index (κ1) is 21.5. The van der Waals surface area contributed by atoms with Gasteiger partial charge >= 0.3 is 6.02 Å². The zero-order chi connectivity index (χ0) is 22.7. The first-order valence-corrected chi connectivity index (χ1v) is 9.77. The lowest BCUT2D eigenvalue weighted by Crippen LogP contribution is -2.59. The molecule has 0 saturated carbocycles. The van der Waals surface area contributed by atoms with Crippen LogP contribution >= 0.6 is 0 Å². The Morgan fingerprint density at radius 1 is 1.31 bits per heavy atom. The first-order valence-electron chi connectivity index (χ1n) is 9.77. The monoisotopic (exact) mass is 440 g/mol. The Balaban J connectivity index is 1.79. The summed E-state index contributed by atoms with van der Waals surface area (Å²) in [6, 6.07) is 11.3. The van der Waals surface area contributed by atoms with E-state index in [2.05, 4.69) is 10.3 Å². The Morgan fingerprint density at radius 2 is 2.03 bits per heavy atom. The van der Waals surface area contributed by atoms with Gasteiger partial charge in [0.1, 0.15) is 23.6 Å². The number of nitrogens with one attached hydrogen (secondary N) is 1. The second kappa shape index (κ2) is 8.80. The maximum atomic E-state index is 11.3. The minimum atomic E-state index is -1.38. The van der Waals surface area contributed by atoms with E-state index in [9.17, 15) is 15.2 Å². The Labute approximate surface area is 183 Å². The number of benzene rings is 2. The molecule has 4 rings (SSSR count). The topological polar surface area (TPSA) is 148 Å². The Hall–Kier alpha value is -3.72. The summed E-state index contributed by atoms with van der Waals surface area (Å²) in [6.07, 6.45) is -0.494. The van der Waals surface area contributed by atoms with Crippen molar-refractivity contribution in [2.75, 3.05) is 13.2 Å². The fourth-order valence-corrected chi connectivity index (χ4v) is 3.63. The van der Waals surface area contributed by atoms with Gasteiger partial charge in [-0.2, -0.15) is 5.26 Å². The van der Waals surface area contributed by atoms with Crippen LogP contribution in [0.3, 0.4) is 0 Å². The Kier molecular flexibility index (Phi) is 5.91. The van der Waals surface area contributed by atoms with Crippen molar-refractivity contribution in [1.82, 2.24) is 5.32 Å². The number of rotatable bonds is 4. The molecule has 0 aliphatic carbocycles. The smallest absolute Gasteiger partial charge is 0.304 e. The van der Waals surface area contributed by atoms with Crippen molar-refractivity contribution in [1.29, 1.82) is 5.26 Å². The molecule has 0 spiro atoms. The largest absolute Gasteiger partial charge is 0.479 e. The van der Waals surface area contributed by atoms with Crippen molar-refractivity contribution in [3.8, 4) is 17.7 Å². The van der Waals surface area contributed by atoms with E-state index in [1.807, 2.05) is 0 Å². The van der Waals surface area contributed by atoms with Gasteiger partial charge in [0.15, 0.2) is 18.1 Å². The quantitative estimate of drug-likeness (QED) is 0.182. The van der Waals surface area contributed by atoms with Gasteiger partial charge in [-0.1, -0.05) is 18.2 Å². The van der Waals surface area contributed by atoms with E-state index in [1.165, 1.54) is 18.2 Å². The molecule has 2 N–H and O–H groups in total. The summed E-state index contributed by atoms with van der Waals surface area (Å²) in [4.78, 5) is 15.2. The number of nitrogens with zero attached hydrogens (tertiary/aromatic N) is 3. The first-order chi connectivity index (χ1) is 15.4. The zero-order valence-corrected chi connectivity index (χ0v) is 17.0. The molecule has 11 heteroatoms. The number of hydrogen-bond acceptors (Lipinski definition) is 9. The van der Waals surface area contributed by atoms with Gasteiger partial charge in [0.2, 0.25) is 0 Å². The maximum absolute atomic E-state index is 11.3. The molecule has 166 valence electrons. The van der Waals surface area contributed by atoms with Gasteiger partial charge in [0.25, 0.3) is 5.69 Å². The number of fused-ring (bicyclic) bond motifs is 1. The van der Waals surface area contributed by atoms with E-state index in [0.717, 1.165) is 0 Å². The average molecular weight is 440 g/mol. The van der Waals surface area contributed by atoms with Crippen LogP contribution in [0.5, 0.6) is 11.5 Å². The highest BCUT2D eigenvalue weighted by Gasteiger charge is 2.54. The van der Waals surface area contributed by atoms with Crippen molar-refractivity contribution >= 4 is 11.7 Å². The lowest BCUT2D eigenvalue weighted by atomic mass is 9.85. The number of nitro groups is 1. The number of aliphatic hydroxyl groups excluding tert-OH is 1. The molecule has 0 amide bonds. The minimum Gasteiger partial charge on any atom is -0.479 e. The van der Waals surface area contributed by atoms with Gasteiger partial charge in [0, 0.05) is 17.7 Å². The predicted molar refractivity (Wildman–Crippen MR) is 110 cm³/mol. The number of nitriles is 1. The van der Waals surface area contributed by atoms with Gasteiger partial charge in [-0.15, -0.1) is 0 Å². The molecule has 2 heterocycles. The summed E-state index contributed by atoms with van der Waals surface area (Å²) in [5.74, 6) is 0.673. The van der Waals surface area contributed by atoms with E-state index in [1.54, 1.807) is 43.4 Å². The minimum absolute atomic E-state index is 0.197. The van der Waals surface area contributed by atoms with Crippen LogP contribution in [0, 0.1) is 21.6 Å². The predicted octanol–water partition coefficient (Wildman–Crippen LogP) is 2.03. The molecule has 1 fully saturated rings. The summed E-state index contributed by atoms with van der Waals surface area (Å²) in [7, 11) is 0. The second-order valence-corrected chi connectivity index (χ2v) is 7.31. The third kappa shape index (κ3) is 4.06. The molecule has 1 saturated heterocycles. The molecule has 3 unspecified atom stereocenters. The standard InChI is InChI=1S/C21H20N4O7/c1-21(19-29-9-10-30-19)18(26)17(15-11-13(25(27)28)7-8-16(15)32-21)24-20(23-12-22)31-14-5-3-2-4-6-14/h2-8,11,17-19,26H,9-10H2,1H3,(H,23,24). The number of amidine groups is 1. The summed E-state index contributed by atoms with van der Waals surface area (Å²) >= 11 is 0. The molecule has 0 bridgehead atoms. The third-order valence-corrected chi connectivity index (χ3v) is 5.21. The van der Waals surface area contributed by atoms with Crippen molar-refractivity contribution < 1.29 is 29.0 Å². The van der Waals surface area contributed by atoms with Crippen molar-refractivity contribution in [2.45, 2.75) is 31.0 Å². The highest BCUT2D eigenvalue weighted by molar-refractivity contribution is 5.78. The number of hydrogen-bond donors (Lipinski definition) is 2. The van der Waals surface area contributed by atoms with Gasteiger partial charge in [-0.05, 0) is 25.1 Å². The molecule has 2 aromatic rings. The number of nitro benzene ring substituents is 1. The van der Waals surface area contributed by atoms with Crippen LogP contribution in [-0.4, -0.2) is 47.3 Å². The molecule has 2 aliphatic heterocycles. The SMILES string of the molecule is CC1(C2OCCO2)Oc2ccc([N+](=O)[O-])cc2C(N=C(NC#N)Oc2ccccc2)C1O. The van der Waals surface area contributed by atoms with Crippen LogP contribution in [0.1, 0.15) is 18.5 Å². The van der Waals surface area contributed by atoms with Gasteiger partial charge < -0.3 is 24.1 Å². The number of non-ortho nitro benzene ring substituents is 1. The van der Waals surface area contributed by atoms with Crippen LogP contribution in [-0.2, 0) is 9.47 Å². The van der Waals surface area contributed by atoms with Gasteiger partial charge in [-0.25, -0.2) is 10.3 Å². The number of ether oxygens (including phenoxy) is 4. The fourth-order valence-electron chi connectivity index (χ4n) is 3.63. The maximum Gasteiger partial charge on any atom is 0.304 e. The molecule has 0 aromatic heterocycles. The lowest BCUT2D eigenvalue weighted by Gasteiger charge is -2.44. The van der Waals surface area contributed by atoms with E-state index in [-0.39, 0.29) is 23.0 Å². The van der Waals surface area contributed by atoms with Crippen LogP contribution < -0.4 is 14.8 Å². The van der Waals surface area contributed by atoms with Gasteiger partial charge in [-0.3, -0.25) is 10.1 Å². The van der Waals surface area contributed by atoms with E-state index in [0.29, 0.717) is 19.0 Å². The fraction of sp³-hybridized carbons (Fsp3) is 0.333. The molecule has 2 aliphatic rings. The molecule has 32 heavy (non-hydrogen) atoms. The molecule has 0 radical (unpaired) electrons. The third-order valence-electron chi connectivity index (χ3n) is 5.21. The zero-order valence-electron chi connectivity index (χ0n) is 17.0. The average Bonchev–Trinajstić information content (AvgIpc) is 3.33. The summed E-state index contributed by atoms with van der Waals surface area (Å²) in [6.45, 7) is 2.27. The van der Waals surface area contributed by atoms with E-state index >= 15 is 0 Å². The van der Waals surface area contributed by atoms with Crippen molar-refractivity contribution in [2.24, 2.45) is 4.99 Å². The van der Waals surface area contributed by atoms with Gasteiger partial charge in [0.05, 0.1) is 18.1 Å². The second-order valence-electron chi connectivity index (χ2n) is 7.31. The summed E-state index contributed by atoms with van der Waals surface area (Å²) in [5.41, 5.74) is -1.32. The van der Waals surface area contributed by atoms with Crippen LogP contribution in [0.25, 0.3) is 0 Å². The van der Waals surface area contributed by atoms with E-state index < -0.39 is 29.0 Å². The van der Waals surface area contributed by atoms with Crippen molar-refractivity contribution in [3.63, 3.8) is 0 Å². The molecule has 3 atom stereocenters. The van der Waals surface area contributed by atoms with Crippen LogP contribution in [0.15, 0.2) is 53.5 Å². The summed E-state index contributed by atoms with van der Waals surface area (Å²) in [5, 5.41) is 34.1. The number of aliphatic imine (C=N–C) groups is 1. The summed E-state index contributed by atoms with van der Waals surface area (Å²) < 4.78 is 22.8. The number of aliphatic hydroxyl groups is 1. The lowest BCUT2D eigenvalue weighted by molar-refractivity contribution is -0.385.